The van der Waals surface area contributed by atoms with Gasteiger partial charge in [0, 0.05) is 17.6 Å². The molecule has 0 bridgehead atoms. The van der Waals surface area contributed by atoms with E-state index in [0.717, 1.165) is 6.42 Å². The smallest absolute Gasteiger partial charge is 0.0255 e. The molecule has 1 heteroatoms. The van der Waals surface area contributed by atoms with Crippen LogP contribution in [0.15, 0.2) is 25.3 Å². The van der Waals surface area contributed by atoms with E-state index < -0.39 is 0 Å². The summed E-state index contributed by atoms with van der Waals surface area (Å²) in [5.41, 5.74) is 0.351. The lowest BCUT2D eigenvalue weighted by atomic mass is 9.42. The highest BCUT2D eigenvalue weighted by Crippen LogP contribution is 2.64. The monoisotopic (exact) mass is 363 g/mol. The zero-order valence-corrected chi connectivity index (χ0v) is 20.2. The fourth-order valence-electron chi connectivity index (χ4n) is 6.24. The Morgan fingerprint density at radius 1 is 0.885 bits per heavy atom. The van der Waals surface area contributed by atoms with Gasteiger partial charge in [-0.2, -0.15) is 0 Å². The van der Waals surface area contributed by atoms with Crippen LogP contribution in [0.2, 0.25) is 0 Å². The lowest BCUT2D eigenvalue weighted by molar-refractivity contribution is -0.168. The molecule has 0 radical (unpaired) electrons. The second-order valence-corrected chi connectivity index (χ2v) is 10.7. The third-order valence-corrected chi connectivity index (χ3v) is 7.88. The van der Waals surface area contributed by atoms with Crippen molar-refractivity contribution in [3.63, 3.8) is 0 Å². The van der Waals surface area contributed by atoms with Crippen LogP contribution in [0.4, 0.5) is 0 Å². The maximum absolute atomic E-state index is 4.17. The molecule has 3 unspecified atom stereocenters. The lowest BCUT2D eigenvalue weighted by Gasteiger charge is -2.66. The fraction of sp³-hybridized carbons (Fsp3) is 0.840. The Hall–Kier alpha value is -0.560. The van der Waals surface area contributed by atoms with Crippen molar-refractivity contribution in [3.05, 3.63) is 25.3 Å². The van der Waals surface area contributed by atoms with E-state index in [4.69, 9.17) is 0 Å². The Kier molecular flexibility index (Phi) is 8.45. The molecule has 0 saturated heterocycles. The predicted octanol–water partition coefficient (Wildman–Crippen LogP) is 7.73. The van der Waals surface area contributed by atoms with Crippen molar-refractivity contribution in [3.8, 4) is 0 Å². The van der Waals surface area contributed by atoms with Gasteiger partial charge in [-0.1, -0.05) is 67.0 Å². The Morgan fingerprint density at radius 3 is 1.62 bits per heavy atom. The summed E-state index contributed by atoms with van der Waals surface area (Å²) in [5.74, 6) is 0.600. The minimum Gasteiger partial charge on any atom is -0.289 e. The van der Waals surface area contributed by atoms with Crippen molar-refractivity contribution in [1.82, 2.24) is 4.90 Å². The number of hydrogen-bond acceptors (Lipinski definition) is 1. The predicted molar refractivity (Wildman–Crippen MR) is 121 cm³/mol. The second-order valence-electron chi connectivity index (χ2n) is 10.7. The SMILES string of the molecule is C=CCC(C(C)CC)(C(C)(C)C)C(C)(C)C(C)(C)N(C(C)C)C(C)C=C. The Morgan fingerprint density at radius 2 is 1.35 bits per heavy atom. The van der Waals surface area contributed by atoms with Gasteiger partial charge in [-0.25, -0.2) is 0 Å². The molecule has 0 aromatic heterocycles. The molecule has 0 rings (SSSR count). The topological polar surface area (TPSA) is 3.24 Å². The highest BCUT2D eigenvalue weighted by Gasteiger charge is 2.61. The number of nitrogens with zero attached hydrogens (tertiary/aromatic N) is 1. The summed E-state index contributed by atoms with van der Waals surface area (Å²) in [7, 11) is 0. The summed E-state index contributed by atoms with van der Waals surface area (Å²) in [4.78, 5) is 2.66. The first-order chi connectivity index (χ1) is 11.6. The van der Waals surface area contributed by atoms with Crippen LogP contribution in [0.5, 0.6) is 0 Å². The summed E-state index contributed by atoms with van der Waals surface area (Å²) in [6.45, 7) is 37.1. The van der Waals surface area contributed by atoms with E-state index in [-0.39, 0.29) is 21.8 Å². The lowest BCUT2D eigenvalue weighted by Crippen LogP contribution is -2.67. The fourth-order valence-corrected chi connectivity index (χ4v) is 6.24. The average Bonchev–Trinajstić information content (AvgIpc) is 2.49. The van der Waals surface area contributed by atoms with E-state index in [1.165, 1.54) is 6.42 Å². The highest BCUT2D eigenvalue weighted by molar-refractivity contribution is 5.14. The molecule has 0 aliphatic rings. The third-order valence-electron chi connectivity index (χ3n) is 7.88. The van der Waals surface area contributed by atoms with Crippen molar-refractivity contribution in [2.45, 2.75) is 114 Å². The summed E-state index contributed by atoms with van der Waals surface area (Å²) in [6, 6.07) is 0.790. The van der Waals surface area contributed by atoms with Crippen LogP contribution in [0.25, 0.3) is 0 Å². The zero-order valence-electron chi connectivity index (χ0n) is 20.2. The van der Waals surface area contributed by atoms with Crippen LogP contribution in [-0.2, 0) is 0 Å². The molecule has 154 valence electrons. The van der Waals surface area contributed by atoms with Crippen LogP contribution in [0, 0.1) is 22.2 Å². The van der Waals surface area contributed by atoms with E-state index in [9.17, 15) is 0 Å². The Balaban J connectivity index is 6.80. The first-order valence-electron chi connectivity index (χ1n) is 10.6. The van der Waals surface area contributed by atoms with Crippen molar-refractivity contribution in [1.29, 1.82) is 0 Å². The molecule has 0 N–H and O–H groups in total. The summed E-state index contributed by atoms with van der Waals surface area (Å²) < 4.78 is 0. The molecule has 0 saturated carbocycles. The molecular formula is C25H49N. The molecule has 1 nitrogen and oxygen atoms in total. The molecule has 3 atom stereocenters. The summed E-state index contributed by atoms with van der Waals surface area (Å²) in [6.07, 6.45) is 6.47. The quantitative estimate of drug-likeness (QED) is 0.359. The van der Waals surface area contributed by atoms with Gasteiger partial charge >= 0.3 is 0 Å². The second kappa shape index (κ2) is 8.63. The van der Waals surface area contributed by atoms with E-state index in [0.29, 0.717) is 18.0 Å². The van der Waals surface area contributed by atoms with Crippen molar-refractivity contribution in [2.24, 2.45) is 22.2 Å². The Labute approximate surface area is 166 Å². The van der Waals surface area contributed by atoms with Gasteiger partial charge in [0.05, 0.1) is 0 Å². The number of rotatable bonds is 10. The van der Waals surface area contributed by atoms with Gasteiger partial charge < -0.3 is 0 Å². The first kappa shape index (κ1) is 25.4. The minimum absolute atomic E-state index is 0.00546. The van der Waals surface area contributed by atoms with Gasteiger partial charge in [0.15, 0.2) is 0 Å². The molecule has 0 spiro atoms. The van der Waals surface area contributed by atoms with E-state index in [1.807, 2.05) is 0 Å². The summed E-state index contributed by atoms with van der Waals surface area (Å²) in [5, 5.41) is 0. The van der Waals surface area contributed by atoms with Crippen LogP contribution >= 0.6 is 0 Å². The molecule has 0 fully saturated rings. The van der Waals surface area contributed by atoms with E-state index in [2.05, 4.69) is 113 Å². The van der Waals surface area contributed by atoms with Gasteiger partial charge in [0.1, 0.15) is 0 Å². The van der Waals surface area contributed by atoms with Crippen molar-refractivity contribution in [2.75, 3.05) is 0 Å². The van der Waals surface area contributed by atoms with Crippen molar-refractivity contribution < 1.29 is 0 Å². The van der Waals surface area contributed by atoms with Gasteiger partial charge in [-0.15, -0.1) is 13.2 Å². The van der Waals surface area contributed by atoms with Gasteiger partial charge in [0.25, 0.3) is 0 Å². The van der Waals surface area contributed by atoms with Crippen LogP contribution in [-0.4, -0.2) is 22.5 Å². The van der Waals surface area contributed by atoms with Gasteiger partial charge in [-0.05, 0) is 63.2 Å². The minimum atomic E-state index is -0.00546. The van der Waals surface area contributed by atoms with Gasteiger partial charge in [0.2, 0.25) is 0 Å². The number of hydrogen-bond donors (Lipinski definition) is 0. The highest BCUT2D eigenvalue weighted by atomic mass is 15.2. The molecule has 0 aromatic rings. The van der Waals surface area contributed by atoms with Crippen LogP contribution < -0.4 is 0 Å². The average molecular weight is 364 g/mol. The van der Waals surface area contributed by atoms with E-state index >= 15 is 0 Å². The normalized spacial score (nSPS) is 18.5. The summed E-state index contributed by atoms with van der Waals surface area (Å²) >= 11 is 0. The number of allylic oxidation sites excluding steroid dienone is 1. The molecule has 0 amide bonds. The van der Waals surface area contributed by atoms with Gasteiger partial charge in [-0.3, -0.25) is 4.90 Å². The Bertz CT molecular complexity index is 463. The van der Waals surface area contributed by atoms with Crippen molar-refractivity contribution >= 4 is 0 Å². The molecule has 0 heterocycles. The third kappa shape index (κ3) is 3.98. The standard InChI is InChI=1S/C25H49N/c1-15-18-25(20(6)16-2,22(8,9)10)23(11,12)24(13,14)26(19(4)5)21(7)17-3/h15,17,19-21H,1,3,16,18H2,2,4-14H3. The molecular weight excluding hydrogens is 314 g/mol. The largest absolute Gasteiger partial charge is 0.289 e. The molecule has 0 aliphatic heterocycles. The molecule has 26 heavy (non-hydrogen) atoms. The first-order valence-corrected chi connectivity index (χ1v) is 10.6. The van der Waals surface area contributed by atoms with Crippen LogP contribution in [0.1, 0.15) is 95.9 Å². The molecule has 0 aromatic carbocycles. The maximum Gasteiger partial charge on any atom is 0.0255 e. The molecule has 0 aliphatic carbocycles. The maximum atomic E-state index is 4.17. The zero-order chi connectivity index (χ0) is 21.1. The van der Waals surface area contributed by atoms with E-state index in [1.54, 1.807) is 0 Å². The van der Waals surface area contributed by atoms with Crippen LogP contribution in [0.3, 0.4) is 0 Å².